The van der Waals surface area contributed by atoms with E-state index < -0.39 is 18.3 Å². The number of aliphatic hydroxyl groups excluding tert-OH is 3. The molecule has 0 aliphatic heterocycles. The van der Waals surface area contributed by atoms with Gasteiger partial charge >= 0.3 is 0 Å². The zero-order valence-corrected chi connectivity index (χ0v) is 19.6. The number of hydrogen-bond donors (Lipinski definition) is 5. The lowest BCUT2D eigenvalue weighted by Gasteiger charge is -2.19. The second kappa shape index (κ2) is 16.0. The van der Waals surface area contributed by atoms with Gasteiger partial charge in [-0.3, -0.25) is 0 Å². The van der Waals surface area contributed by atoms with Crippen LogP contribution in [-0.2, 0) is 0 Å². The van der Waals surface area contributed by atoms with E-state index in [2.05, 4.69) is 10.6 Å². The molecule has 0 heterocycles. The van der Waals surface area contributed by atoms with Crippen molar-refractivity contribution in [3.05, 3.63) is 23.8 Å². The van der Waals surface area contributed by atoms with Gasteiger partial charge in [-0.2, -0.15) is 0 Å². The summed E-state index contributed by atoms with van der Waals surface area (Å²) < 4.78 is 11.3. The van der Waals surface area contributed by atoms with E-state index in [1.807, 2.05) is 27.7 Å². The molecule has 0 radical (unpaired) electrons. The summed E-state index contributed by atoms with van der Waals surface area (Å²) in [6, 6.07) is 5.71. The first-order valence-electron chi connectivity index (χ1n) is 9.59. The van der Waals surface area contributed by atoms with Crippen LogP contribution in [0.1, 0.15) is 46.3 Å². The molecule has 0 spiro atoms. The van der Waals surface area contributed by atoms with Crippen LogP contribution >= 0.6 is 24.8 Å². The van der Waals surface area contributed by atoms with Crippen LogP contribution in [0.4, 0.5) is 0 Å². The first kappa shape index (κ1) is 30.4. The van der Waals surface area contributed by atoms with E-state index in [1.165, 1.54) is 0 Å². The normalized spacial score (nSPS) is 14.0. The summed E-state index contributed by atoms with van der Waals surface area (Å²) in [6.45, 7) is 10.8. The number of aliphatic hydroxyl groups is 3. The van der Waals surface area contributed by atoms with Gasteiger partial charge < -0.3 is 35.4 Å². The fourth-order valence-electron chi connectivity index (χ4n) is 2.31. The average molecular weight is 457 g/mol. The Balaban J connectivity index is 0. The highest BCUT2D eigenvalue weighted by Crippen LogP contribution is 2.29. The number of benzene rings is 1. The molecule has 0 aliphatic carbocycles. The Morgan fingerprint density at radius 2 is 1.28 bits per heavy atom. The Bertz CT molecular complexity index is 548. The van der Waals surface area contributed by atoms with E-state index in [4.69, 9.17) is 9.47 Å². The highest BCUT2D eigenvalue weighted by atomic mass is 35.5. The van der Waals surface area contributed by atoms with Crippen molar-refractivity contribution in [3.8, 4) is 11.5 Å². The van der Waals surface area contributed by atoms with Crippen molar-refractivity contribution in [1.29, 1.82) is 0 Å². The monoisotopic (exact) mass is 456 g/mol. The van der Waals surface area contributed by atoms with Crippen LogP contribution in [-0.4, -0.2) is 65.9 Å². The molecule has 1 rings (SSSR count). The summed E-state index contributed by atoms with van der Waals surface area (Å²) in [4.78, 5) is 0. The van der Waals surface area contributed by atoms with Crippen LogP contribution in [0.15, 0.2) is 18.2 Å². The van der Waals surface area contributed by atoms with E-state index in [1.54, 1.807) is 25.1 Å². The SMILES string of the molecule is CC(C)NCC(O)COc1ccc(OCC(O)CNC(C)C)c(C(C)O)c1.Cl.Cl. The Morgan fingerprint density at radius 3 is 1.72 bits per heavy atom. The summed E-state index contributed by atoms with van der Waals surface area (Å²) in [5.74, 6) is 1.05. The standard InChI is InChI=1S/C20H36N2O5.2ClH/c1-13(2)21-9-16(24)11-26-18-6-7-20(19(8-18)15(5)23)27-12-17(25)10-22-14(3)4;;/h6-8,13-17,21-25H,9-12H2,1-5H3;2*1H. The second-order valence-electron chi connectivity index (χ2n) is 7.43. The molecule has 1 aromatic rings. The molecule has 29 heavy (non-hydrogen) atoms. The van der Waals surface area contributed by atoms with Gasteiger partial charge in [-0.25, -0.2) is 0 Å². The Morgan fingerprint density at radius 1 is 0.793 bits per heavy atom. The molecule has 3 unspecified atom stereocenters. The third-order valence-electron chi connectivity index (χ3n) is 3.83. The van der Waals surface area contributed by atoms with Crippen molar-refractivity contribution >= 4 is 24.8 Å². The summed E-state index contributed by atoms with van der Waals surface area (Å²) in [5, 5.41) is 36.2. The topological polar surface area (TPSA) is 103 Å². The van der Waals surface area contributed by atoms with Gasteiger partial charge in [0.2, 0.25) is 0 Å². The molecule has 1 aromatic carbocycles. The number of hydrogen-bond acceptors (Lipinski definition) is 7. The Labute approximate surface area is 187 Å². The summed E-state index contributed by atoms with van der Waals surface area (Å²) >= 11 is 0. The van der Waals surface area contributed by atoms with Crippen molar-refractivity contribution < 1.29 is 24.8 Å². The number of nitrogens with one attached hydrogen (secondary N) is 2. The van der Waals surface area contributed by atoms with E-state index in [-0.39, 0.29) is 44.1 Å². The van der Waals surface area contributed by atoms with E-state index >= 15 is 0 Å². The minimum Gasteiger partial charge on any atom is -0.491 e. The lowest BCUT2D eigenvalue weighted by molar-refractivity contribution is 0.0997. The molecule has 0 aromatic heterocycles. The smallest absolute Gasteiger partial charge is 0.125 e. The van der Waals surface area contributed by atoms with E-state index in [9.17, 15) is 15.3 Å². The third kappa shape index (κ3) is 13.2. The zero-order chi connectivity index (χ0) is 20.4. The first-order valence-corrected chi connectivity index (χ1v) is 9.59. The Hall–Kier alpha value is -0.800. The fraction of sp³-hybridized carbons (Fsp3) is 0.700. The van der Waals surface area contributed by atoms with Crippen molar-refractivity contribution in [1.82, 2.24) is 10.6 Å². The van der Waals surface area contributed by atoms with Crippen LogP contribution in [0.5, 0.6) is 11.5 Å². The number of halogens is 2. The molecular weight excluding hydrogens is 419 g/mol. The third-order valence-corrected chi connectivity index (χ3v) is 3.83. The van der Waals surface area contributed by atoms with Crippen LogP contribution in [0.3, 0.4) is 0 Å². The minimum atomic E-state index is -0.748. The first-order chi connectivity index (χ1) is 12.7. The molecule has 0 aliphatic rings. The number of ether oxygens (including phenoxy) is 2. The Kier molecular flexibility index (Phi) is 16.7. The molecule has 172 valence electrons. The van der Waals surface area contributed by atoms with Crippen molar-refractivity contribution in [2.75, 3.05) is 26.3 Å². The largest absolute Gasteiger partial charge is 0.491 e. The maximum Gasteiger partial charge on any atom is 0.125 e. The molecule has 7 nitrogen and oxygen atoms in total. The van der Waals surface area contributed by atoms with Gasteiger partial charge in [0.05, 0.1) is 6.10 Å². The predicted molar refractivity (Wildman–Crippen MR) is 121 cm³/mol. The van der Waals surface area contributed by atoms with E-state index in [0.29, 0.717) is 36.2 Å². The summed E-state index contributed by atoms with van der Waals surface area (Å²) in [5.41, 5.74) is 0.575. The minimum absolute atomic E-state index is 0. The number of rotatable bonds is 13. The second-order valence-corrected chi connectivity index (χ2v) is 7.43. The fourth-order valence-corrected chi connectivity index (χ4v) is 2.31. The van der Waals surface area contributed by atoms with Crippen molar-refractivity contribution in [3.63, 3.8) is 0 Å². The molecule has 0 fully saturated rings. The lowest BCUT2D eigenvalue weighted by Crippen LogP contribution is -2.35. The van der Waals surface area contributed by atoms with Gasteiger partial charge in [0.1, 0.15) is 36.9 Å². The molecular formula is C20H38Cl2N2O5. The predicted octanol–water partition coefficient (Wildman–Crippen LogP) is 2.06. The van der Waals surface area contributed by atoms with Crippen LogP contribution in [0.25, 0.3) is 0 Å². The molecule has 3 atom stereocenters. The summed E-state index contributed by atoms with van der Waals surface area (Å²) in [7, 11) is 0. The van der Waals surface area contributed by atoms with Gasteiger partial charge in [0.15, 0.2) is 0 Å². The van der Waals surface area contributed by atoms with Gasteiger partial charge in [0, 0.05) is 30.7 Å². The molecule has 0 saturated carbocycles. The molecule has 5 N–H and O–H groups in total. The summed E-state index contributed by atoms with van der Waals surface area (Å²) in [6.07, 6.45) is -2.02. The van der Waals surface area contributed by atoms with Crippen LogP contribution in [0.2, 0.25) is 0 Å². The molecule has 0 bridgehead atoms. The zero-order valence-electron chi connectivity index (χ0n) is 17.9. The van der Waals surface area contributed by atoms with Gasteiger partial charge in [-0.05, 0) is 25.1 Å². The lowest BCUT2D eigenvalue weighted by atomic mass is 10.1. The van der Waals surface area contributed by atoms with Gasteiger partial charge in [-0.15, -0.1) is 24.8 Å². The maximum absolute atomic E-state index is 10.0. The van der Waals surface area contributed by atoms with Gasteiger partial charge in [0.25, 0.3) is 0 Å². The van der Waals surface area contributed by atoms with Gasteiger partial charge in [-0.1, -0.05) is 27.7 Å². The molecule has 9 heteroatoms. The molecule has 0 saturated heterocycles. The molecule has 0 amide bonds. The highest BCUT2D eigenvalue weighted by Gasteiger charge is 2.14. The average Bonchev–Trinajstić information content (AvgIpc) is 2.61. The van der Waals surface area contributed by atoms with Crippen LogP contribution in [0, 0.1) is 0 Å². The quantitative estimate of drug-likeness (QED) is 0.309. The van der Waals surface area contributed by atoms with Crippen LogP contribution < -0.4 is 20.1 Å². The van der Waals surface area contributed by atoms with Crippen molar-refractivity contribution in [2.24, 2.45) is 0 Å². The van der Waals surface area contributed by atoms with Crippen molar-refractivity contribution in [2.45, 2.75) is 65.0 Å². The maximum atomic E-state index is 10.0. The van der Waals surface area contributed by atoms with E-state index in [0.717, 1.165) is 0 Å². The highest BCUT2D eigenvalue weighted by molar-refractivity contribution is 5.85.